The molecule has 2 rings (SSSR count). The fraction of sp³-hybridized carbons (Fsp3) is 0.300. The Kier molecular flexibility index (Phi) is 6.39. The largest absolute Gasteiger partial charge is 0.396 e. The first kappa shape index (κ1) is 18.9. The Morgan fingerprint density at radius 3 is 1.79 bits per heavy atom. The van der Waals surface area contributed by atoms with Crippen LogP contribution in [-0.2, 0) is 4.57 Å². The summed E-state index contributed by atoms with van der Waals surface area (Å²) in [6.45, 7) is 6.97. The summed E-state index contributed by atoms with van der Waals surface area (Å²) >= 11 is 0. The second-order valence-electron chi connectivity index (χ2n) is 7.20. The summed E-state index contributed by atoms with van der Waals surface area (Å²) in [5.41, 5.74) is 0.286. The molecule has 0 fully saturated rings. The van der Waals surface area contributed by atoms with Crippen LogP contribution in [0.1, 0.15) is 6.42 Å². The van der Waals surface area contributed by atoms with E-state index in [9.17, 15) is 9.67 Å². The van der Waals surface area contributed by atoms with Gasteiger partial charge in [-0.25, -0.2) is 0 Å². The maximum atomic E-state index is 13.8. The van der Waals surface area contributed by atoms with E-state index in [2.05, 4.69) is 19.6 Å². The Balaban J connectivity index is 2.35. The second kappa shape index (κ2) is 8.11. The third-order valence-electron chi connectivity index (χ3n) is 4.46. The fourth-order valence-electron chi connectivity index (χ4n) is 2.70. The van der Waals surface area contributed by atoms with Gasteiger partial charge in [-0.2, -0.15) is 0 Å². The summed E-state index contributed by atoms with van der Waals surface area (Å²) in [6, 6.07) is 19.3. The van der Waals surface area contributed by atoms with Gasteiger partial charge >= 0.3 is 0 Å². The number of hydrogen-bond acceptors (Lipinski definition) is 2. The summed E-state index contributed by atoms with van der Waals surface area (Å²) in [4.78, 5) is 0. The highest BCUT2D eigenvalue weighted by Gasteiger charge is 2.26. The first-order valence-electron chi connectivity index (χ1n) is 8.37. The molecule has 0 radical (unpaired) electrons. The Bertz CT molecular complexity index is 662. The second-order valence-corrected chi connectivity index (χ2v) is 15.4. The summed E-state index contributed by atoms with van der Waals surface area (Å²) < 4.78 is 13.8. The molecular weight excluding hydrogens is 331 g/mol. The van der Waals surface area contributed by atoms with Gasteiger partial charge in [0.05, 0.1) is 8.07 Å². The van der Waals surface area contributed by atoms with Crippen molar-refractivity contribution in [3.05, 3.63) is 72.6 Å². The minimum Gasteiger partial charge on any atom is -0.396 e. The first-order chi connectivity index (χ1) is 11.4. The van der Waals surface area contributed by atoms with Gasteiger partial charge < -0.3 is 9.67 Å². The quantitative estimate of drug-likeness (QED) is 0.580. The standard InChI is InChI=1S/C20H27O2PSi/c1-24(2,3)20(17-21)15-10-16-23(22,18-11-6-4-7-12-18)19-13-8-5-9-14-19/h4-14,16,20-21H,15,17H2,1-3H3/b16-10+. The molecule has 1 N–H and O–H groups in total. The third kappa shape index (κ3) is 4.57. The van der Waals surface area contributed by atoms with Gasteiger partial charge in [0.1, 0.15) is 0 Å². The van der Waals surface area contributed by atoms with Crippen molar-refractivity contribution in [2.75, 3.05) is 6.61 Å². The molecule has 0 saturated carbocycles. The average Bonchev–Trinajstić information content (AvgIpc) is 2.59. The number of aliphatic hydroxyl groups excluding tert-OH is 1. The molecule has 0 heterocycles. The lowest BCUT2D eigenvalue weighted by Gasteiger charge is -2.26. The molecule has 2 aromatic rings. The molecule has 0 spiro atoms. The third-order valence-corrected chi connectivity index (χ3v) is 10.1. The Labute approximate surface area is 146 Å². The minimum atomic E-state index is -2.79. The van der Waals surface area contributed by atoms with E-state index in [-0.39, 0.29) is 12.1 Å². The van der Waals surface area contributed by atoms with Crippen molar-refractivity contribution in [1.82, 2.24) is 0 Å². The molecule has 0 saturated heterocycles. The van der Waals surface area contributed by atoms with E-state index in [4.69, 9.17) is 0 Å². The van der Waals surface area contributed by atoms with Gasteiger partial charge in [-0.15, -0.1) is 0 Å². The molecule has 0 bridgehead atoms. The van der Waals surface area contributed by atoms with E-state index < -0.39 is 15.2 Å². The molecular formula is C20H27O2PSi. The van der Waals surface area contributed by atoms with Crippen molar-refractivity contribution >= 4 is 25.8 Å². The molecule has 1 unspecified atom stereocenters. The van der Waals surface area contributed by atoms with E-state index in [1.54, 1.807) is 0 Å². The van der Waals surface area contributed by atoms with E-state index in [0.717, 1.165) is 17.0 Å². The van der Waals surface area contributed by atoms with Gasteiger partial charge in [0.2, 0.25) is 0 Å². The topological polar surface area (TPSA) is 37.3 Å². The minimum absolute atomic E-state index is 0.195. The monoisotopic (exact) mass is 358 g/mol. The molecule has 0 aliphatic rings. The smallest absolute Gasteiger partial charge is 0.163 e. The maximum Gasteiger partial charge on any atom is 0.163 e. The lowest BCUT2D eigenvalue weighted by Crippen LogP contribution is -2.30. The van der Waals surface area contributed by atoms with Crippen molar-refractivity contribution in [3.8, 4) is 0 Å². The van der Waals surface area contributed by atoms with E-state index in [1.807, 2.05) is 72.6 Å². The molecule has 1 atom stereocenters. The SMILES string of the molecule is C[Si](C)(C)C(CO)C/C=C/P(=O)(c1ccccc1)c1ccccc1. The molecule has 24 heavy (non-hydrogen) atoms. The normalized spacial score (nSPS) is 14.0. The highest BCUT2D eigenvalue weighted by atomic mass is 31.2. The van der Waals surface area contributed by atoms with Crippen LogP contribution in [-0.4, -0.2) is 19.8 Å². The molecule has 0 aromatic heterocycles. The van der Waals surface area contributed by atoms with E-state index in [1.165, 1.54) is 0 Å². The lowest BCUT2D eigenvalue weighted by atomic mass is 10.3. The van der Waals surface area contributed by atoms with Crippen LogP contribution >= 0.6 is 7.14 Å². The summed E-state index contributed by atoms with van der Waals surface area (Å²) in [6.07, 6.45) is 2.79. The van der Waals surface area contributed by atoms with Gasteiger partial charge in [0.25, 0.3) is 0 Å². The van der Waals surface area contributed by atoms with Crippen molar-refractivity contribution in [3.63, 3.8) is 0 Å². The predicted octanol–water partition coefficient (Wildman–Crippen LogP) is 4.61. The Hall–Kier alpha value is -1.41. The first-order valence-corrected chi connectivity index (χ1v) is 13.7. The van der Waals surface area contributed by atoms with Crippen molar-refractivity contribution in [2.45, 2.75) is 31.6 Å². The van der Waals surface area contributed by atoms with Gasteiger partial charge in [0.15, 0.2) is 7.14 Å². The molecule has 0 amide bonds. The van der Waals surface area contributed by atoms with Crippen LogP contribution in [0.3, 0.4) is 0 Å². The Morgan fingerprint density at radius 1 is 0.958 bits per heavy atom. The van der Waals surface area contributed by atoms with Crippen LogP contribution in [0, 0.1) is 0 Å². The molecule has 0 aliphatic heterocycles. The summed E-state index contributed by atoms with van der Waals surface area (Å²) in [5, 5.41) is 11.4. The average molecular weight is 358 g/mol. The van der Waals surface area contributed by atoms with Gasteiger partial charge in [-0.3, -0.25) is 0 Å². The van der Waals surface area contributed by atoms with Crippen LogP contribution in [0.15, 0.2) is 72.6 Å². The highest BCUT2D eigenvalue weighted by Crippen LogP contribution is 2.45. The number of hydrogen-bond donors (Lipinski definition) is 1. The zero-order valence-electron chi connectivity index (χ0n) is 14.7. The molecule has 2 aromatic carbocycles. The zero-order valence-corrected chi connectivity index (χ0v) is 16.6. The van der Waals surface area contributed by atoms with Gasteiger partial charge in [0, 0.05) is 17.2 Å². The molecule has 0 aliphatic carbocycles. The molecule has 4 heteroatoms. The van der Waals surface area contributed by atoms with Gasteiger partial charge in [-0.1, -0.05) is 86.4 Å². The molecule has 2 nitrogen and oxygen atoms in total. The Morgan fingerprint density at radius 2 is 1.42 bits per heavy atom. The fourth-order valence-corrected chi connectivity index (χ4v) is 6.38. The van der Waals surface area contributed by atoms with Crippen LogP contribution in [0.25, 0.3) is 0 Å². The summed E-state index contributed by atoms with van der Waals surface area (Å²) in [5.74, 6) is 1.88. The predicted molar refractivity (Wildman–Crippen MR) is 108 cm³/mol. The van der Waals surface area contributed by atoms with Gasteiger partial charge in [-0.05, 0) is 17.8 Å². The van der Waals surface area contributed by atoms with Crippen molar-refractivity contribution < 1.29 is 9.67 Å². The van der Waals surface area contributed by atoms with Crippen LogP contribution in [0.2, 0.25) is 25.2 Å². The van der Waals surface area contributed by atoms with Crippen molar-refractivity contribution in [1.29, 1.82) is 0 Å². The maximum absolute atomic E-state index is 13.8. The zero-order chi connectivity index (χ0) is 17.6. The number of rotatable bonds is 7. The molecule has 128 valence electrons. The number of allylic oxidation sites excluding steroid dienone is 1. The van der Waals surface area contributed by atoms with Crippen LogP contribution in [0.5, 0.6) is 0 Å². The number of benzene rings is 2. The van der Waals surface area contributed by atoms with Crippen LogP contribution in [0.4, 0.5) is 0 Å². The van der Waals surface area contributed by atoms with E-state index >= 15 is 0 Å². The van der Waals surface area contributed by atoms with E-state index in [0.29, 0.717) is 0 Å². The summed E-state index contributed by atoms with van der Waals surface area (Å²) in [7, 11) is -4.22. The van der Waals surface area contributed by atoms with Crippen LogP contribution < -0.4 is 10.6 Å². The lowest BCUT2D eigenvalue weighted by molar-refractivity contribution is 0.286. The number of aliphatic hydroxyl groups is 1. The van der Waals surface area contributed by atoms with Crippen molar-refractivity contribution in [2.24, 2.45) is 0 Å². The highest BCUT2D eigenvalue weighted by molar-refractivity contribution is 7.81.